The van der Waals surface area contributed by atoms with E-state index >= 15 is 0 Å². The fourth-order valence-corrected chi connectivity index (χ4v) is 2.49. The lowest BCUT2D eigenvalue weighted by atomic mass is 10.3. The van der Waals surface area contributed by atoms with Crippen LogP contribution in [-0.4, -0.2) is 31.5 Å². The predicted molar refractivity (Wildman–Crippen MR) is 109 cm³/mol. The number of rotatable bonds is 9. The van der Waals surface area contributed by atoms with Gasteiger partial charge in [-0.1, -0.05) is 24.8 Å². The lowest BCUT2D eigenvalue weighted by Crippen LogP contribution is -2.39. The lowest BCUT2D eigenvalue weighted by Gasteiger charge is -2.18. The summed E-state index contributed by atoms with van der Waals surface area (Å²) in [5.41, 5.74) is 0.881. The third kappa shape index (κ3) is 6.29. The van der Waals surface area contributed by atoms with Crippen LogP contribution in [0.5, 0.6) is 17.2 Å². The van der Waals surface area contributed by atoms with Gasteiger partial charge in [0.25, 0.3) is 0 Å². The summed E-state index contributed by atoms with van der Waals surface area (Å²) < 4.78 is 16.5. The zero-order valence-electron chi connectivity index (χ0n) is 15.0. The molecule has 2 aromatic carbocycles. The average molecular weight is 372 g/mol. The third-order valence-electron chi connectivity index (χ3n) is 3.42. The first-order valence-corrected chi connectivity index (χ1v) is 8.70. The molecule has 0 heterocycles. The van der Waals surface area contributed by atoms with Gasteiger partial charge in [0.05, 0.1) is 13.2 Å². The van der Waals surface area contributed by atoms with Crippen molar-refractivity contribution < 1.29 is 14.2 Å². The Morgan fingerprint density at radius 3 is 2.46 bits per heavy atom. The van der Waals surface area contributed by atoms with Gasteiger partial charge in [0.2, 0.25) is 0 Å². The molecule has 0 aromatic heterocycles. The van der Waals surface area contributed by atoms with Crippen LogP contribution in [0, 0.1) is 0 Å². The number of nitrogens with one attached hydrogen (secondary N) is 2. The van der Waals surface area contributed by atoms with Crippen molar-refractivity contribution in [3.8, 4) is 17.2 Å². The van der Waals surface area contributed by atoms with Gasteiger partial charge in [-0.05, 0) is 55.5 Å². The molecule has 0 amide bonds. The normalized spacial score (nSPS) is 11.2. The van der Waals surface area contributed by atoms with Crippen molar-refractivity contribution in [2.45, 2.75) is 13.0 Å². The van der Waals surface area contributed by atoms with E-state index in [1.54, 1.807) is 13.2 Å². The summed E-state index contributed by atoms with van der Waals surface area (Å²) in [4.78, 5) is 0. The Labute approximate surface area is 160 Å². The minimum Gasteiger partial charge on any atom is -0.493 e. The molecule has 0 aliphatic carbocycles. The van der Waals surface area contributed by atoms with Crippen LogP contribution in [0.4, 0.5) is 5.69 Å². The minimum atomic E-state index is 0.0233. The van der Waals surface area contributed by atoms with E-state index in [1.165, 1.54) is 0 Å². The molecule has 2 aromatic rings. The number of ether oxygens (including phenoxy) is 3. The summed E-state index contributed by atoms with van der Waals surface area (Å²) in [5.74, 6) is 2.20. The first-order chi connectivity index (χ1) is 12.6. The molecule has 2 N–H and O–H groups in total. The molecule has 1 unspecified atom stereocenters. The highest BCUT2D eigenvalue weighted by Gasteiger charge is 2.08. The zero-order valence-corrected chi connectivity index (χ0v) is 15.8. The van der Waals surface area contributed by atoms with Crippen LogP contribution in [0.1, 0.15) is 6.92 Å². The second-order valence-electron chi connectivity index (χ2n) is 5.59. The van der Waals surface area contributed by atoms with E-state index in [9.17, 15) is 0 Å². The maximum absolute atomic E-state index is 5.79. The Balaban J connectivity index is 1.78. The molecule has 2 rings (SSSR count). The van der Waals surface area contributed by atoms with E-state index in [-0.39, 0.29) is 6.04 Å². The van der Waals surface area contributed by atoms with Crippen molar-refractivity contribution >= 4 is 23.0 Å². The fourth-order valence-electron chi connectivity index (χ4n) is 2.18. The highest BCUT2D eigenvalue weighted by atomic mass is 32.1. The van der Waals surface area contributed by atoms with Crippen LogP contribution < -0.4 is 24.8 Å². The summed E-state index contributed by atoms with van der Waals surface area (Å²) in [6.45, 7) is 6.56. The van der Waals surface area contributed by atoms with Gasteiger partial charge >= 0.3 is 0 Å². The van der Waals surface area contributed by atoms with Crippen LogP contribution >= 0.6 is 12.2 Å². The van der Waals surface area contributed by atoms with Crippen molar-refractivity contribution in [2.24, 2.45) is 0 Å². The molecule has 0 saturated carbocycles. The maximum Gasteiger partial charge on any atom is 0.171 e. The van der Waals surface area contributed by atoms with Gasteiger partial charge in [-0.15, -0.1) is 0 Å². The molecular weight excluding hydrogens is 348 g/mol. The minimum absolute atomic E-state index is 0.0233. The molecule has 0 spiro atoms. The number of hydrogen-bond acceptors (Lipinski definition) is 4. The SMILES string of the molecule is C=CCOc1ccc(NC(=S)NC(C)COc2ccccc2OC)cc1. The van der Waals surface area contributed by atoms with Gasteiger partial charge in [-0.3, -0.25) is 0 Å². The van der Waals surface area contributed by atoms with Crippen molar-refractivity contribution in [3.63, 3.8) is 0 Å². The van der Waals surface area contributed by atoms with Crippen molar-refractivity contribution in [2.75, 3.05) is 25.6 Å². The van der Waals surface area contributed by atoms with Crippen LogP contribution in [0.2, 0.25) is 0 Å². The van der Waals surface area contributed by atoms with E-state index in [0.717, 1.165) is 11.4 Å². The molecule has 0 fully saturated rings. The van der Waals surface area contributed by atoms with Crippen molar-refractivity contribution in [3.05, 3.63) is 61.2 Å². The summed E-state index contributed by atoms with van der Waals surface area (Å²) in [6.07, 6.45) is 1.71. The number of methoxy groups -OCH3 is 1. The molecular formula is C20H24N2O3S. The van der Waals surface area contributed by atoms with Gasteiger partial charge in [0, 0.05) is 5.69 Å². The first-order valence-electron chi connectivity index (χ1n) is 8.29. The van der Waals surface area contributed by atoms with Gasteiger partial charge in [-0.25, -0.2) is 0 Å². The highest BCUT2D eigenvalue weighted by molar-refractivity contribution is 7.80. The molecule has 0 radical (unpaired) electrons. The Hall–Kier alpha value is -2.73. The topological polar surface area (TPSA) is 51.8 Å². The van der Waals surface area contributed by atoms with E-state index < -0.39 is 0 Å². The number of para-hydroxylation sites is 2. The molecule has 6 heteroatoms. The van der Waals surface area contributed by atoms with E-state index in [2.05, 4.69) is 17.2 Å². The molecule has 0 aliphatic rings. The third-order valence-corrected chi connectivity index (χ3v) is 3.64. The standard InChI is InChI=1S/C20H24N2O3S/c1-4-13-24-17-11-9-16(10-12-17)22-20(26)21-15(2)14-25-19-8-6-5-7-18(19)23-3/h4-12,15H,1,13-14H2,2-3H3,(H2,21,22,26). The van der Waals surface area contributed by atoms with Crippen molar-refractivity contribution in [1.82, 2.24) is 5.32 Å². The summed E-state index contributed by atoms with van der Waals surface area (Å²) in [6, 6.07) is 15.1. The Morgan fingerprint density at radius 2 is 1.81 bits per heavy atom. The Kier molecular flexibility index (Phi) is 7.76. The number of anilines is 1. The molecule has 5 nitrogen and oxygen atoms in total. The quantitative estimate of drug-likeness (QED) is 0.512. The number of thiocarbonyl (C=S) groups is 1. The fraction of sp³-hybridized carbons (Fsp3) is 0.250. The zero-order chi connectivity index (χ0) is 18.8. The summed E-state index contributed by atoms with van der Waals surface area (Å²) in [5, 5.41) is 6.86. The monoisotopic (exact) mass is 372 g/mol. The average Bonchev–Trinajstić information content (AvgIpc) is 2.66. The number of hydrogen-bond donors (Lipinski definition) is 2. The second kappa shape index (κ2) is 10.3. The Bertz CT molecular complexity index is 719. The summed E-state index contributed by atoms with van der Waals surface area (Å²) in [7, 11) is 1.62. The second-order valence-corrected chi connectivity index (χ2v) is 5.99. The molecule has 138 valence electrons. The van der Waals surface area contributed by atoms with E-state index in [1.807, 2.05) is 55.5 Å². The van der Waals surface area contributed by atoms with Crippen molar-refractivity contribution in [1.29, 1.82) is 0 Å². The number of benzene rings is 2. The Morgan fingerprint density at radius 1 is 1.12 bits per heavy atom. The van der Waals surface area contributed by atoms with Crippen LogP contribution in [-0.2, 0) is 0 Å². The van der Waals surface area contributed by atoms with Gasteiger partial charge in [0.15, 0.2) is 16.6 Å². The molecule has 0 bridgehead atoms. The largest absolute Gasteiger partial charge is 0.493 e. The maximum atomic E-state index is 5.79. The van der Waals surface area contributed by atoms with Crippen LogP contribution in [0.3, 0.4) is 0 Å². The van der Waals surface area contributed by atoms with Crippen LogP contribution in [0.15, 0.2) is 61.2 Å². The molecule has 0 aliphatic heterocycles. The van der Waals surface area contributed by atoms with Gasteiger partial charge in [0.1, 0.15) is 19.0 Å². The molecule has 0 saturated heterocycles. The lowest BCUT2D eigenvalue weighted by molar-refractivity contribution is 0.270. The van der Waals surface area contributed by atoms with Crippen LogP contribution in [0.25, 0.3) is 0 Å². The van der Waals surface area contributed by atoms with E-state index in [0.29, 0.717) is 29.8 Å². The smallest absolute Gasteiger partial charge is 0.171 e. The first kappa shape index (κ1) is 19.6. The molecule has 1 atom stereocenters. The summed E-state index contributed by atoms with van der Waals surface area (Å²) >= 11 is 5.35. The van der Waals surface area contributed by atoms with Gasteiger partial charge in [-0.2, -0.15) is 0 Å². The highest BCUT2D eigenvalue weighted by Crippen LogP contribution is 2.25. The van der Waals surface area contributed by atoms with E-state index in [4.69, 9.17) is 26.4 Å². The molecule has 26 heavy (non-hydrogen) atoms. The van der Waals surface area contributed by atoms with Gasteiger partial charge < -0.3 is 24.8 Å². The predicted octanol–water partition coefficient (Wildman–Crippen LogP) is 4.01.